The van der Waals surface area contributed by atoms with Crippen molar-refractivity contribution in [3.05, 3.63) is 24.3 Å². The number of anilines is 1. The highest BCUT2D eigenvalue weighted by Gasteiger charge is 2.13. The molecular weight excluding hydrogens is 268 g/mol. The van der Waals surface area contributed by atoms with Gasteiger partial charge in [0.05, 0.1) is 11.4 Å². The van der Waals surface area contributed by atoms with E-state index >= 15 is 0 Å². The number of sulfonamides is 1. The van der Waals surface area contributed by atoms with E-state index in [9.17, 15) is 13.2 Å². The van der Waals surface area contributed by atoms with Crippen LogP contribution in [0.15, 0.2) is 29.2 Å². The normalized spacial score (nSPS) is 10.7. The van der Waals surface area contributed by atoms with E-state index in [1.807, 2.05) is 0 Å². The quantitative estimate of drug-likeness (QED) is 0.724. The third-order valence-electron chi connectivity index (χ3n) is 2.39. The van der Waals surface area contributed by atoms with E-state index in [0.717, 1.165) is 0 Å². The molecule has 1 aromatic carbocycles. The smallest absolute Gasteiger partial charge is 0.323 e. The molecule has 19 heavy (non-hydrogen) atoms. The maximum absolute atomic E-state index is 11.5. The van der Waals surface area contributed by atoms with Crippen LogP contribution in [0.5, 0.6) is 0 Å². The number of carboxylic acids is 1. The van der Waals surface area contributed by atoms with Gasteiger partial charge in [-0.3, -0.25) is 4.79 Å². The molecule has 0 aliphatic carbocycles. The van der Waals surface area contributed by atoms with Crippen molar-refractivity contribution >= 4 is 21.7 Å². The Balaban J connectivity index is 3.02. The summed E-state index contributed by atoms with van der Waals surface area (Å²) in [4.78, 5) is 12.3. The first-order chi connectivity index (χ1) is 8.90. The van der Waals surface area contributed by atoms with Gasteiger partial charge in [0, 0.05) is 5.69 Å². The number of terminal acetylenes is 1. The molecule has 1 rings (SSSR count). The Kier molecular flexibility index (Phi) is 4.92. The molecule has 0 aliphatic rings. The average Bonchev–Trinajstić information content (AvgIpc) is 2.38. The lowest BCUT2D eigenvalue weighted by Gasteiger charge is -2.20. The standard InChI is InChI=1S/C12H14N2O4S/c1-3-8-14(9-12(15)16)10-4-6-11(7-5-10)19(17,18)13-2/h1,4-7,13H,8-9H2,2H3,(H,15,16). The molecule has 1 aromatic rings. The van der Waals surface area contributed by atoms with Crippen LogP contribution < -0.4 is 9.62 Å². The number of carboxylic acid groups (broad SMARTS) is 1. The van der Waals surface area contributed by atoms with E-state index in [-0.39, 0.29) is 18.0 Å². The molecule has 0 heterocycles. The fourth-order valence-corrected chi connectivity index (χ4v) is 2.20. The van der Waals surface area contributed by atoms with Crippen molar-refractivity contribution in [3.8, 4) is 12.3 Å². The lowest BCUT2D eigenvalue weighted by Crippen LogP contribution is -2.30. The van der Waals surface area contributed by atoms with Crippen molar-refractivity contribution in [2.75, 3.05) is 25.0 Å². The van der Waals surface area contributed by atoms with E-state index in [1.165, 1.54) is 36.2 Å². The fourth-order valence-electron chi connectivity index (χ4n) is 1.47. The lowest BCUT2D eigenvalue weighted by molar-refractivity contribution is -0.135. The zero-order valence-electron chi connectivity index (χ0n) is 10.3. The third kappa shape index (κ3) is 3.98. The molecule has 0 fully saturated rings. The molecule has 0 amide bonds. The summed E-state index contributed by atoms with van der Waals surface area (Å²) in [5, 5.41) is 8.78. The summed E-state index contributed by atoms with van der Waals surface area (Å²) >= 11 is 0. The second-order valence-electron chi connectivity index (χ2n) is 3.66. The van der Waals surface area contributed by atoms with Gasteiger partial charge in [0.15, 0.2) is 0 Å². The Morgan fingerprint density at radius 2 is 2.00 bits per heavy atom. The Labute approximate surface area is 112 Å². The first-order valence-electron chi connectivity index (χ1n) is 5.34. The molecule has 0 unspecified atom stereocenters. The molecule has 0 spiro atoms. The summed E-state index contributed by atoms with van der Waals surface area (Å²) < 4.78 is 25.3. The van der Waals surface area contributed by atoms with Crippen LogP contribution >= 0.6 is 0 Å². The molecule has 0 radical (unpaired) electrons. The van der Waals surface area contributed by atoms with Gasteiger partial charge in [-0.15, -0.1) is 6.42 Å². The van der Waals surface area contributed by atoms with Crippen molar-refractivity contribution in [3.63, 3.8) is 0 Å². The Morgan fingerprint density at radius 3 is 2.42 bits per heavy atom. The van der Waals surface area contributed by atoms with Crippen molar-refractivity contribution in [1.29, 1.82) is 0 Å². The van der Waals surface area contributed by atoms with Crippen molar-refractivity contribution < 1.29 is 18.3 Å². The van der Waals surface area contributed by atoms with Gasteiger partial charge in [0.25, 0.3) is 0 Å². The van der Waals surface area contributed by atoms with Gasteiger partial charge >= 0.3 is 5.97 Å². The van der Waals surface area contributed by atoms with Gasteiger partial charge in [0.1, 0.15) is 6.54 Å². The molecule has 2 N–H and O–H groups in total. The van der Waals surface area contributed by atoms with Crippen LogP contribution in [0.3, 0.4) is 0 Å². The molecule has 6 nitrogen and oxygen atoms in total. The predicted molar refractivity (Wildman–Crippen MR) is 71.4 cm³/mol. The SMILES string of the molecule is C#CCN(CC(=O)O)c1ccc(S(=O)(=O)NC)cc1. The number of rotatable bonds is 6. The highest BCUT2D eigenvalue weighted by molar-refractivity contribution is 7.89. The van der Waals surface area contributed by atoms with Crippen molar-refractivity contribution in [1.82, 2.24) is 4.72 Å². The second kappa shape index (κ2) is 6.22. The Bertz CT molecular complexity index is 587. The van der Waals surface area contributed by atoms with Crippen molar-refractivity contribution in [2.45, 2.75) is 4.90 Å². The van der Waals surface area contributed by atoms with E-state index in [4.69, 9.17) is 11.5 Å². The van der Waals surface area contributed by atoms with Gasteiger partial charge in [-0.1, -0.05) is 5.92 Å². The maximum atomic E-state index is 11.5. The van der Waals surface area contributed by atoms with Crippen molar-refractivity contribution in [2.24, 2.45) is 0 Å². The molecule has 0 atom stereocenters. The van der Waals surface area contributed by atoms with Crippen LogP contribution in [0.1, 0.15) is 0 Å². The zero-order valence-corrected chi connectivity index (χ0v) is 11.1. The van der Waals surface area contributed by atoms with Gasteiger partial charge < -0.3 is 10.0 Å². The average molecular weight is 282 g/mol. The Hall–Kier alpha value is -2.04. The number of benzene rings is 1. The summed E-state index contributed by atoms with van der Waals surface area (Å²) in [5.41, 5.74) is 0.551. The summed E-state index contributed by atoms with van der Waals surface area (Å²) in [6.45, 7) is -0.118. The van der Waals surface area contributed by atoms with E-state index in [0.29, 0.717) is 5.69 Å². The maximum Gasteiger partial charge on any atom is 0.323 e. The minimum absolute atomic E-state index is 0.106. The molecule has 0 aromatic heterocycles. The summed E-state index contributed by atoms with van der Waals surface area (Å²) in [6.07, 6.45) is 5.17. The summed E-state index contributed by atoms with van der Waals surface area (Å²) in [5.74, 6) is 1.35. The van der Waals surface area contributed by atoms with E-state index in [1.54, 1.807) is 0 Å². The minimum Gasteiger partial charge on any atom is -0.480 e. The Morgan fingerprint density at radius 1 is 1.42 bits per heavy atom. The summed E-state index contributed by atoms with van der Waals surface area (Å²) in [7, 11) is -2.18. The second-order valence-corrected chi connectivity index (χ2v) is 5.54. The number of nitrogens with zero attached hydrogens (tertiary/aromatic N) is 1. The molecule has 7 heteroatoms. The first kappa shape index (κ1) is 15.0. The highest BCUT2D eigenvalue weighted by Crippen LogP contribution is 2.17. The molecule has 0 saturated carbocycles. The first-order valence-corrected chi connectivity index (χ1v) is 6.83. The van der Waals surface area contributed by atoms with Crippen LogP contribution in [-0.4, -0.2) is 39.6 Å². The largest absolute Gasteiger partial charge is 0.480 e. The van der Waals surface area contributed by atoms with Crippen LogP contribution in [-0.2, 0) is 14.8 Å². The molecule has 0 saturated heterocycles. The monoisotopic (exact) mass is 282 g/mol. The van der Waals surface area contributed by atoms with Gasteiger partial charge in [-0.05, 0) is 31.3 Å². The molecular formula is C12H14N2O4S. The van der Waals surface area contributed by atoms with E-state index in [2.05, 4.69) is 10.6 Å². The van der Waals surface area contributed by atoms with Gasteiger partial charge in [-0.25, -0.2) is 13.1 Å². The topological polar surface area (TPSA) is 86.7 Å². The van der Waals surface area contributed by atoms with Crippen LogP contribution in [0.4, 0.5) is 5.69 Å². The summed E-state index contributed by atoms with van der Waals surface area (Å²) in [6, 6.07) is 5.83. The number of hydrogen-bond acceptors (Lipinski definition) is 4. The van der Waals surface area contributed by atoms with Crippen LogP contribution in [0, 0.1) is 12.3 Å². The zero-order chi connectivity index (χ0) is 14.5. The highest BCUT2D eigenvalue weighted by atomic mass is 32.2. The minimum atomic E-state index is -3.50. The van der Waals surface area contributed by atoms with Crippen LogP contribution in [0.25, 0.3) is 0 Å². The fraction of sp³-hybridized carbons (Fsp3) is 0.250. The van der Waals surface area contributed by atoms with E-state index < -0.39 is 16.0 Å². The lowest BCUT2D eigenvalue weighted by atomic mass is 10.3. The van der Waals surface area contributed by atoms with Gasteiger partial charge in [0.2, 0.25) is 10.0 Å². The number of carbonyl (C=O) groups is 1. The number of aliphatic carboxylic acids is 1. The molecule has 102 valence electrons. The molecule has 0 bridgehead atoms. The number of nitrogens with one attached hydrogen (secondary N) is 1. The van der Waals surface area contributed by atoms with Gasteiger partial charge in [-0.2, -0.15) is 0 Å². The van der Waals surface area contributed by atoms with Crippen LogP contribution in [0.2, 0.25) is 0 Å². The molecule has 0 aliphatic heterocycles. The predicted octanol–water partition coefficient (Wildman–Crippen LogP) is 0.119. The third-order valence-corrected chi connectivity index (χ3v) is 3.82. The number of hydrogen-bond donors (Lipinski definition) is 2.